The van der Waals surface area contributed by atoms with Crippen LogP contribution in [0.4, 0.5) is 0 Å². The molecule has 1 atom stereocenters. The van der Waals surface area contributed by atoms with Gasteiger partial charge in [0.15, 0.2) is 0 Å². The van der Waals surface area contributed by atoms with Crippen LogP contribution in [0.5, 0.6) is 0 Å². The smallest absolute Gasteiger partial charge is 0.236 e. The highest BCUT2D eigenvalue weighted by atomic mass is 16.2. The van der Waals surface area contributed by atoms with Gasteiger partial charge in [-0.15, -0.1) is 0 Å². The summed E-state index contributed by atoms with van der Waals surface area (Å²) in [5.74, 6) is -0.0917. The van der Waals surface area contributed by atoms with Crippen molar-refractivity contribution >= 4 is 11.8 Å². The minimum Gasteiger partial charge on any atom is -0.359 e. The summed E-state index contributed by atoms with van der Waals surface area (Å²) in [6, 6.07) is 0. The molecule has 17 heavy (non-hydrogen) atoms. The third-order valence-electron chi connectivity index (χ3n) is 3.02. The second-order valence-electron chi connectivity index (χ2n) is 4.44. The van der Waals surface area contributed by atoms with Gasteiger partial charge >= 0.3 is 0 Å². The number of likely N-dealkylation sites (N-methyl/N-ethyl adjacent to an activating group) is 2. The SMILES string of the molecule is CNCC(=O)N1CCN(C)C[C@@H](C(=O)NC)C1. The van der Waals surface area contributed by atoms with Gasteiger partial charge in [-0.2, -0.15) is 0 Å². The summed E-state index contributed by atoms with van der Waals surface area (Å²) in [7, 11) is 5.35. The van der Waals surface area contributed by atoms with Gasteiger partial charge < -0.3 is 20.4 Å². The molecule has 0 unspecified atom stereocenters. The summed E-state index contributed by atoms with van der Waals surface area (Å²) < 4.78 is 0. The fraction of sp³-hybridized carbons (Fsp3) is 0.818. The van der Waals surface area contributed by atoms with E-state index in [0.29, 0.717) is 26.2 Å². The first-order valence-electron chi connectivity index (χ1n) is 5.91. The van der Waals surface area contributed by atoms with Crippen molar-refractivity contribution in [2.75, 3.05) is 53.9 Å². The first kappa shape index (κ1) is 13.9. The van der Waals surface area contributed by atoms with Crippen LogP contribution in [0.15, 0.2) is 0 Å². The van der Waals surface area contributed by atoms with E-state index < -0.39 is 0 Å². The summed E-state index contributed by atoms with van der Waals surface area (Å²) in [5, 5.41) is 5.50. The van der Waals surface area contributed by atoms with Crippen LogP contribution in [0.25, 0.3) is 0 Å². The van der Waals surface area contributed by atoms with Gasteiger partial charge in [0, 0.05) is 33.2 Å². The van der Waals surface area contributed by atoms with E-state index in [9.17, 15) is 9.59 Å². The van der Waals surface area contributed by atoms with Gasteiger partial charge in [0.25, 0.3) is 0 Å². The van der Waals surface area contributed by atoms with Crippen LogP contribution in [-0.4, -0.2) is 75.5 Å². The van der Waals surface area contributed by atoms with Crippen molar-refractivity contribution in [3.63, 3.8) is 0 Å². The Morgan fingerprint density at radius 1 is 1.24 bits per heavy atom. The number of hydrogen-bond acceptors (Lipinski definition) is 4. The molecule has 0 radical (unpaired) electrons. The lowest BCUT2D eigenvalue weighted by Crippen LogP contribution is -2.43. The number of hydrogen-bond donors (Lipinski definition) is 2. The highest BCUT2D eigenvalue weighted by Crippen LogP contribution is 2.08. The molecule has 0 aromatic rings. The zero-order valence-electron chi connectivity index (χ0n) is 10.8. The summed E-state index contributed by atoms with van der Waals surface area (Å²) in [6.07, 6.45) is 0. The molecule has 0 aromatic heterocycles. The molecule has 0 saturated carbocycles. The maximum atomic E-state index is 11.8. The Morgan fingerprint density at radius 2 is 1.94 bits per heavy atom. The Hall–Kier alpha value is -1.14. The molecular formula is C11H22N4O2. The average molecular weight is 242 g/mol. The maximum Gasteiger partial charge on any atom is 0.236 e. The molecule has 0 aromatic carbocycles. The predicted molar refractivity (Wildman–Crippen MR) is 65.6 cm³/mol. The van der Waals surface area contributed by atoms with Crippen LogP contribution in [0, 0.1) is 5.92 Å². The van der Waals surface area contributed by atoms with Gasteiger partial charge in [-0.3, -0.25) is 9.59 Å². The van der Waals surface area contributed by atoms with Crippen molar-refractivity contribution in [1.29, 1.82) is 0 Å². The normalized spacial score (nSPS) is 22.1. The van der Waals surface area contributed by atoms with Crippen LogP contribution in [0.3, 0.4) is 0 Å². The number of amides is 2. The summed E-state index contributed by atoms with van der Waals surface area (Å²) >= 11 is 0. The molecule has 2 amide bonds. The molecule has 1 aliphatic rings. The molecular weight excluding hydrogens is 220 g/mol. The standard InChI is InChI=1S/C11H22N4O2/c1-12-6-10(16)15-5-4-14(3)7-9(8-15)11(17)13-2/h9,12H,4-8H2,1-3H3,(H,13,17)/t9-/m1/s1. The van der Waals surface area contributed by atoms with E-state index in [1.807, 2.05) is 7.05 Å². The maximum absolute atomic E-state index is 11.8. The van der Waals surface area contributed by atoms with Crippen LogP contribution in [-0.2, 0) is 9.59 Å². The van der Waals surface area contributed by atoms with E-state index in [1.165, 1.54) is 0 Å². The quantitative estimate of drug-likeness (QED) is 0.622. The molecule has 1 fully saturated rings. The molecule has 1 aliphatic heterocycles. The van der Waals surface area contributed by atoms with Crippen molar-refractivity contribution < 1.29 is 9.59 Å². The second kappa shape index (κ2) is 6.56. The molecule has 1 heterocycles. The van der Waals surface area contributed by atoms with Gasteiger partial charge in [-0.05, 0) is 14.1 Å². The highest BCUT2D eigenvalue weighted by Gasteiger charge is 2.27. The Balaban J connectivity index is 2.67. The van der Waals surface area contributed by atoms with E-state index in [4.69, 9.17) is 0 Å². The Bertz CT molecular complexity index is 283. The largest absolute Gasteiger partial charge is 0.359 e. The molecule has 6 heteroatoms. The minimum absolute atomic E-state index is 0.000933. The van der Waals surface area contributed by atoms with E-state index in [-0.39, 0.29) is 17.7 Å². The molecule has 6 nitrogen and oxygen atoms in total. The van der Waals surface area contributed by atoms with Crippen molar-refractivity contribution in [1.82, 2.24) is 20.4 Å². The monoisotopic (exact) mass is 242 g/mol. The fourth-order valence-electron chi connectivity index (χ4n) is 2.03. The number of nitrogens with one attached hydrogen (secondary N) is 2. The third kappa shape index (κ3) is 3.98. The van der Waals surface area contributed by atoms with Crippen LogP contribution >= 0.6 is 0 Å². The Kier molecular flexibility index (Phi) is 5.37. The van der Waals surface area contributed by atoms with E-state index in [0.717, 1.165) is 6.54 Å². The van der Waals surface area contributed by atoms with Gasteiger partial charge in [0.05, 0.1) is 12.5 Å². The second-order valence-corrected chi connectivity index (χ2v) is 4.44. The van der Waals surface area contributed by atoms with Crippen LogP contribution in [0.1, 0.15) is 0 Å². The number of carbonyl (C=O) groups excluding carboxylic acids is 2. The van der Waals surface area contributed by atoms with Crippen LogP contribution in [0.2, 0.25) is 0 Å². The molecule has 2 N–H and O–H groups in total. The number of nitrogens with zero attached hydrogens (tertiary/aromatic N) is 2. The van der Waals surface area contributed by atoms with Crippen molar-refractivity contribution in [2.24, 2.45) is 5.92 Å². The van der Waals surface area contributed by atoms with Crippen molar-refractivity contribution in [3.8, 4) is 0 Å². The lowest BCUT2D eigenvalue weighted by Gasteiger charge is -2.23. The van der Waals surface area contributed by atoms with Gasteiger partial charge in [0.2, 0.25) is 11.8 Å². The summed E-state index contributed by atoms with van der Waals surface area (Å²) in [6.45, 7) is 3.02. The van der Waals surface area contributed by atoms with E-state index >= 15 is 0 Å². The topological polar surface area (TPSA) is 64.7 Å². The predicted octanol–water partition coefficient (Wildman–Crippen LogP) is -1.66. The fourth-order valence-corrected chi connectivity index (χ4v) is 2.03. The lowest BCUT2D eigenvalue weighted by atomic mass is 10.1. The molecule has 0 bridgehead atoms. The van der Waals surface area contributed by atoms with Crippen molar-refractivity contribution in [2.45, 2.75) is 0 Å². The number of carbonyl (C=O) groups is 2. The van der Waals surface area contributed by atoms with E-state index in [1.54, 1.807) is 19.0 Å². The summed E-state index contributed by atoms with van der Waals surface area (Å²) in [4.78, 5) is 27.4. The minimum atomic E-state index is -0.145. The van der Waals surface area contributed by atoms with E-state index in [2.05, 4.69) is 15.5 Å². The third-order valence-corrected chi connectivity index (χ3v) is 3.02. The lowest BCUT2D eigenvalue weighted by molar-refractivity contribution is -0.132. The zero-order valence-corrected chi connectivity index (χ0v) is 10.8. The summed E-state index contributed by atoms with van der Waals surface area (Å²) in [5.41, 5.74) is 0. The average Bonchev–Trinajstić information content (AvgIpc) is 2.50. The van der Waals surface area contributed by atoms with Gasteiger partial charge in [0.1, 0.15) is 0 Å². The number of rotatable bonds is 3. The van der Waals surface area contributed by atoms with Gasteiger partial charge in [-0.1, -0.05) is 0 Å². The first-order valence-corrected chi connectivity index (χ1v) is 5.91. The van der Waals surface area contributed by atoms with Gasteiger partial charge in [-0.25, -0.2) is 0 Å². The zero-order chi connectivity index (χ0) is 12.8. The molecule has 98 valence electrons. The van der Waals surface area contributed by atoms with Crippen molar-refractivity contribution in [3.05, 3.63) is 0 Å². The molecule has 1 rings (SSSR count). The highest BCUT2D eigenvalue weighted by molar-refractivity contribution is 5.81. The molecule has 1 saturated heterocycles. The Labute approximate surface area is 102 Å². The van der Waals surface area contributed by atoms with Crippen LogP contribution < -0.4 is 10.6 Å². The molecule has 0 spiro atoms. The molecule has 0 aliphatic carbocycles. The Morgan fingerprint density at radius 3 is 2.53 bits per heavy atom. The first-order chi connectivity index (χ1) is 8.08.